The Labute approximate surface area is 498 Å². The lowest BCUT2D eigenvalue weighted by Crippen LogP contribution is -2.63. The summed E-state index contributed by atoms with van der Waals surface area (Å²) in [7, 11) is -27.5. The van der Waals surface area contributed by atoms with E-state index in [2.05, 4.69) is 16.7 Å². The second kappa shape index (κ2) is 30.4. The zero-order valence-corrected chi connectivity index (χ0v) is 49.1. The number of aliphatic hydroxyl groups is 13. The Bertz CT molecular complexity index is 2820. The van der Waals surface area contributed by atoms with Crippen LogP contribution in [0, 0.1) is 17.8 Å². The van der Waals surface area contributed by atoms with Gasteiger partial charge in [-0.1, -0.05) is 0 Å². The van der Waals surface area contributed by atoms with Crippen molar-refractivity contribution >= 4 is 52.0 Å². The highest BCUT2D eigenvalue weighted by Crippen LogP contribution is 2.37. The van der Waals surface area contributed by atoms with Gasteiger partial charge in [-0.05, 0) is 13.8 Å². The van der Waals surface area contributed by atoms with Gasteiger partial charge in [-0.25, -0.2) is 20.9 Å². The Morgan fingerprint density at radius 1 is 0.295 bits per heavy atom. The van der Waals surface area contributed by atoms with Crippen LogP contribution in [0.15, 0.2) is 0 Å². The molecule has 0 aromatic heterocycles. The molecule has 6 rings (SSSR count). The van der Waals surface area contributed by atoms with Crippen molar-refractivity contribution in [2.75, 3.05) is 46.2 Å². The van der Waals surface area contributed by atoms with E-state index in [-0.39, 0.29) is 0 Å². The van der Waals surface area contributed by atoms with E-state index in [0.717, 1.165) is 0 Å². The molecule has 6 saturated heterocycles. The van der Waals surface area contributed by atoms with Gasteiger partial charge in [0.25, 0.3) is 0 Å². The first-order valence-corrected chi connectivity index (χ1v) is 32.4. The summed E-state index contributed by atoms with van der Waals surface area (Å²) < 4.78 is 248. The Morgan fingerprint density at radius 3 is 1.05 bits per heavy atom. The smallest absolute Gasteiger partial charge is 0.394 e. The number of hydrogen-bond donors (Lipinski definition) is 18. The van der Waals surface area contributed by atoms with Gasteiger partial charge in [0.2, 0.25) is 0 Å². The van der Waals surface area contributed by atoms with Crippen LogP contribution in [0.5, 0.6) is 0 Å². The minimum atomic E-state index is -5.65. The molecular formula is C39H68O44S5. The predicted molar refractivity (Wildman–Crippen MR) is 262 cm³/mol. The monoisotopic (exact) mass is 1400 g/mol. The molecule has 6 fully saturated rings. The number of ether oxygens (including phenoxy) is 11. The zero-order chi connectivity index (χ0) is 66.1. The summed E-state index contributed by atoms with van der Waals surface area (Å²) in [6.07, 6.45) is -57.2. The van der Waals surface area contributed by atoms with Crippen LogP contribution in [0.1, 0.15) is 13.8 Å². The molecule has 0 radical (unpaired) electrons. The van der Waals surface area contributed by atoms with E-state index >= 15 is 0 Å². The van der Waals surface area contributed by atoms with Gasteiger partial charge >= 0.3 is 52.0 Å². The third-order valence-electron chi connectivity index (χ3n) is 14.5. The molecule has 0 amide bonds. The molecule has 0 bridgehead atoms. The van der Waals surface area contributed by atoms with Gasteiger partial charge in [-0.3, -0.25) is 22.8 Å². The van der Waals surface area contributed by atoms with Crippen LogP contribution < -0.4 is 0 Å². The molecule has 30 atom stereocenters. The molecule has 6 heterocycles. The van der Waals surface area contributed by atoms with Crippen molar-refractivity contribution < 1.29 is 204 Å². The van der Waals surface area contributed by atoms with Gasteiger partial charge in [0.15, 0.2) is 37.7 Å². The van der Waals surface area contributed by atoms with Crippen molar-refractivity contribution in [1.82, 2.24) is 0 Å². The molecule has 13 unspecified atom stereocenters. The maximum Gasteiger partial charge on any atom is 0.397 e. The van der Waals surface area contributed by atoms with Gasteiger partial charge < -0.3 is 118 Å². The maximum absolute atomic E-state index is 12.1. The van der Waals surface area contributed by atoms with Gasteiger partial charge in [-0.15, -0.1) is 0 Å². The second-order valence-corrected chi connectivity index (χ2v) is 25.7. The molecule has 518 valence electrons. The first-order chi connectivity index (χ1) is 40.5. The third kappa shape index (κ3) is 19.7. The number of aliphatic hydroxyl groups excluding tert-OH is 13. The molecule has 0 aromatic rings. The van der Waals surface area contributed by atoms with Crippen molar-refractivity contribution in [2.24, 2.45) is 17.8 Å². The SMILES string of the molecule is CC1O[C@@H](OC[C@@H]2C(C)O[C@@H](OC[C@H]3C(O)[C@H](OC[C@H]4C(CO[C@@H]5OC(CO[C@@H]6OC(CO)[C@H](O)[C@@H](OS(=O)(=O)O)C6O)[C@H](O)[C@@H](OS(=O)(=O)O)C5O)OC(O)C(O)[C@@H]4OS(=O)(=O)O)OC(CO)[C@@H]3O)C(O)[C@H]2OS(=O)(=O)O)C(O)[C@@H](OS(=O)(=O)O)[C@@H]1O. The van der Waals surface area contributed by atoms with E-state index in [9.17, 15) is 127 Å². The Kier molecular flexibility index (Phi) is 26.1. The second-order valence-electron chi connectivity index (χ2n) is 20.5. The van der Waals surface area contributed by atoms with Crippen molar-refractivity contribution in [1.29, 1.82) is 0 Å². The van der Waals surface area contributed by atoms with Crippen LogP contribution >= 0.6 is 0 Å². The van der Waals surface area contributed by atoms with Crippen LogP contribution in [-0.2, 0) is 125 Å². The zero-order valence-electron chi connectivity index (χ0n) is 45.0. The molecule has 0 spiro atoms. The third-order valence-corrected chi connectivity index (χ3v) is 16.8. The highest BCUT2D eigenvalue weighted by atomic mass is 32.3. The summed E-state index contributed by atoms with van der Waals surface area (Å²) in [6.45, 7) is -5.12. The Balaban J connectivity index is 1.18. The predicted octanol–water partition coefficient (Wildman–Crippen LogP) is -12.2. The molecule has 0 aliphatic carbocycles. The highest BCUT2D eigenvalue weighted by molar-refractivity contribution is 7.81. The highest BCUT2D eigenvalue weighted by Gasteiger charge is 2.56. The van der Waals surface area contributed by atoms with Crippen molar-refractivity contribution in [2.45, 2.75) is 180 Å². The molecular weight excluding hydrogens is 1330 g/mol. The van der Waals surface area contributed by atoms with E-state index in [0.29, 0.717) is 0 Å². The van der Waals surface area contributed by atoms with Crippen LogP contribution in [0.3, 0.4) is 0 Å². The minimum Gasteiger partial charge on any atom is -0.394 e. The van der Waals surface area contributed by atoms with Crippen LogP contribution in [0.4, 0.5) is 0 Å². The summed E-state index contributed by atoms with van der Waals surface area (Å²) in [5, 5.41) is 140. The number of rotatable bonds is 27. The van der Waals surface area contributed by atoms with E-state index in [1.165, 1.54) is 13.8 Å². The van der Waals surface area contributed by atoms with Gasteiger partial charge in [0.1, 0.15) is 104 Å². The molecule has 6 aliphatic heterocycles. The van der Waals surface area contributed by atoms with Crippen molar-refractivity contribution in [3.05, 3.63) is 0 Å². The fraction of sp³-hybridized carbons (Fsp3) is 1.00. The average molecular weight is 1400 g/mol. The fourth-order valence-corrected chi connectivity index (χ4v) is 12.7. The van der Waals surface area contributed by atoms with Gasteiger partial charge in [-0.2, -0.15) is 42.1 Å². The first-order valence-electron chi connectivity index (χ1n) is 25.5. The summed E-state index contributed by atoms with van der Waals surface area (Å²) in [5.74, 6) is -5.19. The maximum atomic E-state index is 12.1. The molecule has 18 N–H and O–H groups in total. The topological polar surface area (TPSA) is 683 Å². The Morgan fingerprint density at radius 2 is 0.602 bits per heavy atom. The molecule has 44 nitrogen and oxygen atoms in total. The van der Waals surface area contributed by atoms with Crippen LogP contribution in [0.2, 0.25) is 0 Å². The summed E-state index contributed by atoms with van der Waals surface area (Å²) >= 11 is 0. The van der Waals surface area contributed by atoms with E-state index < -0.39 is 282 Å². The largest absolute Gasteiger partial charge is 0.397 e. The first kappa shape index (κ1) is 75.4. The lowest BCUT2D eigenvalue weighted by molar-refractivity contribution is -0.340. The van der Waals surface area contributed by atoms with Crippen LogP contribution in [-0.4, -0.2) is 343 Å². The molecule has 6 aliphatic rings. The summed E-state index contributed by atoms with van der Waals surface area (Å²) in [6, 6.07) is 0. The molecule has 0 aromatic carbocycles. The molecule has 0 saturated carbocycles. The van der Waals surface area contributed by atoms with Gasteiger partial charge in [0.05, 0.1) is 70.7 Å². The summed E-state index contributed by atoms with van der Waals surface area (Å²) in [5.41, 5.74) is 0. The van der Waals surface area contributed by atoms with Gasteiger partial charge in [0, 0.05) is 17.8 Å². The van der Waals surface area contributed by atoms with E-state index in [1.54, 1.807) is 0 Å². The van der Waals surface area contributed by atoms with Crippen LogP contribution in [0.25, 0.3) is 0 Å². The molecule has 49 heteroatoms. The van der Waals surface area contributed by atoms with E-state index in [1.807, 2.05) is 0 Å². The Hall–Kier alpha value is -1.61. The quantitative estimate of drug-likeness (QED) is 0.0340. The lowest BCUT2D eigenvalue weighted by Gasteiger charge is -2.46. The van der Waals surface area contributed by atoms with Crippen molar-refractivity contribution in [3.8, 4) is 0 Å². The number of hydrogen-bond acceptors (Lipinski definition) is 39. The van der Waals surface area contributed by atoms with E-state index in [4.69, 9.17) is 60.8 Å². The van der Waals surface area contributed by atoms with Crippen molar-refractivity contribution in [3.63, 3.8) is 0 Å². The lowest BCUT2D eigenvalue weighted by atomic mass is 9.88. The standard InChI is InChI=1S/C39H68O44S5/c1-10-12(5-68-37-26(49)31(81-86(59,60)61)19(42)11(2)74-37)29(79-84(53,54)55)25(48)36(73-10)70-7-14-20(43)15(3-40)76-35(21(14)44)69-6-13-17(75-34(52)24(47)30(13)80-85(56,57)58)8-71-39-28(51)33(83-88(65,66)67)23(46)18(78-39)9-72-38-27(50)32(82-87(62,63)64)22(45)16(4-41)77-38/h10-52H,3-9H2,1-2H3,(H,53,54,55)(H,56,57,58)(H,59,60,61)(H,62,63,64)(H,65,66,67)/t10?,11?,12-,13+,14-,15?,16?,17?,18?,19-,20-,21?,22+,23+,24?,25?,26?,27?,28?,29+,30-,31+,32-,33-,34?,35-,36-,37-,38-,39-/m1/s1. The normalized spacial score (nSPS) is 44.4. The summed E-state index contributed by atoms with van der Waals surface area (Å²) in [4.78, 5) is 0. The minimum absolute atomic E-state index is 0.842. The average Bonchev–Trinajstić information content (AvgIpc) is 2.26. The molecule has 88 heavy (non-hydrogen) atoms. The fourth-order valence-electron chi connectivity index (χ4n) is 10.1.